The summed E-state index contributed by atoms with van der Waals surface area (Å²) in [5.74, 6) is 2.13. The third-order valence-corrected chi connectivity index (χ3v) is 4.97. The number of hydrogen-bond acceptors (Lipinski definition) is 2. The Kier molecular flexibility index (Phi) is 9.13. The predicted octanol–water partition coefficient (Wildman–Crippen LogP) is 6.57. The molecule has 1 aromatic rings. The van der Waals surface area contributed by atoms with Gasteiger partial charge in [0.05, 0.1) is 6.61 Å². The maximum atomic E-state index is 5.67. The number of ether oxygens (including phenoxy) is 2. The van der Waals surface area contributed by atoms with Crippen LogP contribution >= 0.6 is 0 Å². The second kappa shape index (κ2) is 10.6. The van der Waals surface area contributed by atoms with Gasteiger partial charge in [-0.1, -0.05) is 59.2 Å². The van der Waals surface area contributed by atoms with Gasteiger partial charge in [0, 0.05) is 0 Å². The average Bonchev–Trinajstić information content (AvgIpc) is 2.56. The zero-order valence-electron chi connectivity index (χ0n) is 16.3. The average molecular weight is 333 g/mol. The van der Waals surface area contributed by atoms with E-state index in [-0.39, 0.29) is 5.41 Å². The lowest BCUT2D eigenvalue weighted by molar-refractivity contribution is 0.0124. The quantitative estimate of drug-likeness (QED) is 0.259. The standard InChI is InChI=1S/C22H36O2/c1-7-10-19(8-2)11-9-16-23-17-24-21-14-12-20(13-15-21)18(3)22(4,5)6/h7,12-15,18-19H,1,8-11,16-17H2,2-6H3. The zero-order chi connectivity index (χ0) is 18.0. The first-order valence-electron chi connectivity index (χ1n) is 9.29. The van der Waals surface area contributed by atoms with Crippen molar-refractivity contribution in [3.8, 4) is 5.75 Å². The highest BCUT2D eigenvalue weighted by molar-refractivity contribution is 5.29. The van der Waals surface area contributed by atoms with Crippen LogP contribution in [0.3, 0.4) is 0 Å². The molecule has 136 valence electrons. The Morgan fingerprint density at radius 2 is 1.83 bits per heavy atom. The third-order valence-electron chi connectivity index (χ3n) is 4.97. The minimum Gasteiger partial charge on any atom is -0.468 e. The molecule has 0 aliphatic carbocycles. The molecule has 2 heteroatoms. The van der Waals surface area contributed by atoms with E-state index in [0.29, 0.717) is 12.7 Å². The van der Waals surface area contributed by atoms with Crippen LogP contribution in [0, 0.1) is 11.3 Å². The van der Waals surface area contributed by atoms with Crippen molar-refractivity contribution in [3.05, 3.63) is 42.5 Å². The van der Waals surface area contributed by atoms with Crippen LogP contribution in [0.25, 0.3) is 0 Å². The molecule has 0 fully saturated rings. The molecule has 1 rings (SSSR count). The van der Waals surface area contributed by atoms with Crippen LogP contribution < -0.4 is 4.74 Å². The zero-order valence-corrected chi connectivity index (χ0v) is 16.3. The lowest BCUT2D eigenvalue weighted by Crippen LogP contribution is -2.15. The molecule has 0 radical (unpaired) electrons. The molecule has 24 heavy (non-hydrogen) atoms. The molecule has 1 aromatic carbocycles. The van der Waals surface area contributed by atoms with Gasteiger partial charge in [-0.2, -0.15) is 0 Å². The Morgan fingerprint density at radius 3 is 2.38 bits per heavy atom. The fraction of sp³-hybridized carbons (Fsp3) is 0.636. The number of benzene rings is 1. The summed E-state index contributed by atoms with van der Waals surface area (Å²) in [6.45, 7) is 16.2. The molecular formula is C22H36O2. The summed E-state index contributed by atoms with van der Waals surface area (Å²) in [6.07, 6.45) is 6.61. The SMILES string of the molecule is C=CCC(CC)CCCOCOc1ccc(C(C)C(C)(C)C)cc1. The molecule has 0 aliphatic rings. The van der Waals surface area contributed by atoms with Crippen molar-refractivity contribution < 1.29 is 9.47 Å². The predicted molar refractivity (Wildman–Crippen MR) is 104 cm³/mol. The second-order valence-electron chi connectivity index (χ2n) is 7.77. The first-order valence-corrected chi connectivity index (χ1v) is 9.29. The van der Waals surface area contributed by atoms with E-state index < -0.39 is 0 Å². The Bertz CT molecular complexity index is 456. The van der Waals surface area contributed by atoms with Gasteiger partial charge in [-0.25, -0.2) is 0 Å². The summed E-state index contributed by atoms with van der Waals surface area (Å²) in [4.78, 5) is 0. The van der Waals surface area contributed by atoms with Crippen LogP contribution in [0.5, 0.6) is 5.75 Å². The highest BCUT2D eigenvalue weighted by Crippen LogP contribution is 2.34. The minimum atomic E-state index is 0.271. The first-order chi connectivity index (χ1) is 11.4. The summed E-state index contributed by atoms with van der Waals surface area (Å²) in [5.41, 5.74) is 1.62. The van der Waals surface area contributed by atoms with Crippen LogP contribution in [-0.4, -0.2) is 13.4 Å². The molecule has 0 heterocycles. The van der Waals surface area contributed by atoms with Gasteiger partial charge < -0.3 is 9.47 Å². The van der Waals surface area contributed by atoms with E-state index in [1.807, 2.05) is 18.2 Å². The smallest absolute Gasteiger partial charge is 0.189 e. The van der Waals surface area contributed by atoms with Crippen LogP contribution in [0.1, 0.15) is 71.8 Å². The molecular weight excluding hydrogens is 296 g/mol. The van der Waals surface area contributed by atoms with E-state index in [2.05, 4.69) is 53.3 Å². The normalized spacial score (nSPS) is 14.2. The molecule has 0 N–H and O–H groups in total. The Morgan fingerprint density at radius 1 is 1.17 bits per heavy atom. The Balaban J connectivity index is 2.25. The van der Waals surface area contributed by atoms with Crippen LogP contribution in [0.15, 0.2) is 36.9 Å². The Labute approximate surface area is 149 Å². The molecule has 2 atom stereocenters. The molecule has 0 aliphatic heterocycles. The van der Waals surface area contributed by atoms with Gasteiger partial charge >= 0.3 is 0 Å². The van der Waals surface area contributed by atoms with Crippen molar-refractivity contribution in [1.82, 2.24) is 0 Å². The highest BCUT2D eigenvalue weighted by Gasteiger charge is 2.21. The fourth-order valence-corrected chi connectivity index (χ4v) is 2.72. The van der Waals surface area contributed by atoms with E-state index in [0.717, 1.165) is 31.1 Å². The summed E-state index contributed by atoms with van der Waals surface area (Å²) in [7, 11) is 0. The third kappa shape index (κ3) is 7.53. The van der Waals surface area contributed by atoms with Crippen molar-refractivity contribution in [2.24, 2.45) is 11.3 Å². The summed E-state index contributed by atoms with van der Waals surface area (Å²) in [5, 5.41) is 0. The van der Waals surface area contributed by atoms with E-state index in [4.69, 9.17) is 9.47 Å². The lowest BCUT2D eigenvalue weighted by Gasteiger charge is -2.27. The van der Waals surface area contributed by atoms with Crippen LogP contribution in [-0.2, 0) is 4.74 Å². The van der Waals surface area contributed by atoms with Gasteiger partial charge in [0.2, 0.25) is 0 Å². The van der Waals surface area contributed by atoms with Crippen molar-refractivity contribution in [1.29, 1.82) is 0 Å². The van der Waals surface area contributed by atoms with Crippen molar-refractivity contribution in [2.75, 3.05) is 13.4 Å². The van der Waals surface area contributed by atoms with Gasteiger partial charge in [0.15, 0.2) is 6.79 Å². The van der Waals surface area contributed by atoms with Gasteiger partial charge in [0.25, 0.3) is 0 Å². The van der Waals surface area contributed by atoms with E-state index in [9.17, 15) is 0 Å². The number of hydrogen-bond donors (Lipinski definition) is 0. The topological polar surface area (TPSA) is 18.5 Å². The molecule has 0 spiro atoms. The monoisotopic (exact) mass is 332 g/mol. The van der Waals surface area contributed by atoms with Crippen molar-refractivity contribution in [3.63, 3.8) is 0 Å². The molecule has 2 unspecified atom stereocenters. The summed E-state index contributed by atoms with van der Waals surface area (Å²) < 4.78 is 11.3. The minimum absolute atomic E-state index is 0.271. The maximum Gasteiger partial charge on any atom is 0.189 e. The van der Waals surface area contributed by atoms with Gasteiger partial charge in [0.1, 0.15) is 5.75 Å². The summed E-state index contributed by atoms with van der Waals surface area (Å²) in [6, 6.07) is 8.40. The summed E-state index contributed by atoms with van der Waals surface area (Å²) >= 11 is 0. The second-order valence-corrected chi connectivity index (χ2v) is 7.77. The largest absolute Gasteiger partial charge is 0.468 e. The first kappa shape index (κ1) is 20.8. The Hall–Kier alpha value is -1.28. The lowest BCUT2D eigenvalue weighted by atomic mass is 9.78. The van der Waals surface area contributed by atoms with Crippen molar-refractivity contribution in [2.45, 2.75) is 66.2 Å². The highest BCUT2D eigenvalue weighted by atomic mass is 16.7. The van der Waals surface area contributed by atoms with E-state index in [1.54, 1.807) is 0 Å². The fourth-order valence-electron chi connectivity index (χ4n) is 2.72. The maximum absolute atomic E-state index is 5.67. The van der Waals surface area contributed by atoms with E-state index in [1.165, 1.54) is 18.4 Å². The van der Waals surface area contributed by atoms with Gasteiger partial charge in [-0.05, 0) is 54.2 Å². The molecule has 2 nitrogen and oxygen atoms in total. The van der Waals surface area contributed by atoms with Crippen LogP contribution in [0.2, 0.25) is 0 Å². The van der Waals surface area contributed by atoms with E-state index >= 15 is 0 Å². The number of rotatable bonds is 11. The van der Waals surface area contributed by atoms with Crippen molar-refractivity contribution >= 4 is 0 Å². The molecule has 0 aromatic heterocycles. The number of allylic oxidation sites excluding steroid dienone is 1. The molecule has 0 bridgehead atoms. The van der Waals surface area contributed by atoms with Crippen LogP contribution in [0.4, 0.5) is 0 Å². The van der Waals surface area contributed by atoms with Gasteiger partial charge in [-0.3, -0.25) is 0 Å². The molecule has 0 amide bonds. The molecule has 0 saturated heterocycles. The van der Waals surface area contributed by atoms with Gasteiger partial charge in [-0.15, -0.1) is 6.58 Å². The molecule has 0 saturated carbocycles.